The molecule has 3 N–H and O–H groups in total. The molecule has 1 atom stereocenters. The molecule has 0 radical (unpaired) electrons. The molecular weight excluding hydrogens is 164 g/mol. The molecule has 4 nitrogen and oxygen atoms in total. The van der Waals surface area contributed by atoms with Crippen molar-refractivity contribution in [3.8, 4) is 0 Å². The predicted molar refractivity (Wildman–Crippen MR) is 44.4 cm³/mol. The van der Waals surface area contributed by atoms with Crippen LogP contribution in [0.2, 0.25) is 0 Å². The van der Waals surface area contributed by atoms with Crippen LogP contribution in [0.1, 0.15) is 5.69 Å². The van der Waals surface area contributed by atoms with E-state index in [4.69, 9.17) is 9.69 Å². The first-order valence-corrected chi connectivity index (χ1v) is 4.52. The normalized spacial score (nSPS) is 15.5. The van der Waals surface area contributed by atoms with Gasteiger partial charge in [0.1, 0.15) is 9.99 Å². The zero-order valence-electron chi connectivity index (χ0n) is 5.68. The van der Waals surface area contributed by atoms with Crippen molar-refractivity contribution >= 4 is 15.4 Å². The second kappa shape index (κ2) is 3.00. The Hall–Kier alpha value is -0.910. The Kier molecular flexibility index (Phi) is 2.23. The number of nitrogens with zero attached hydrogens (tertiary/aromatic N) is 1. The van der Waals surface area contributed by atoms with Gasteiger partial charge in [0.15, 0.2) is 0 Å². The highest BCUT2D eigenvalue weighted by molar-refractivity contribution is 7.94. The van der Waals surface area contributed by atoms with E-state index in [0.29, 0.717) is 5.69 Å². The van der Waals surface area contributed by atoms with Crippen molar-refractivity contribution < 1.29 is 8.76 Å². The molecule has 60 valence electrons. The third-order valence-corrected chi connectivity index (χ3v) is 1.56. The molecule has 11 heavy (non-hydrogen) atoms. The molecule has 0 spiro atoms. The molecule has 1 aromatic rings. The lowest BCUT2D eigenvalue weighted by molar-refractivity contribution is 0.561. The van der Waals surface area contributed by atoms with Gasteiger partial charge >= 0.3 is 0 Å². The van der Waals surface area contributed by atoms with Crippen molar-refractivity contribution in [1.82, 2.24) is 4.98 Å². The number of hydrogen-bond donors (Lipinski definition) is 2. The van der Waals surface area contributed by atoms with Gasteiger partial charge in [-0.05, 0) is 12.1 Å². The minimum absolute atomic E-state index is 0.405. The van der Waals surface area contributed by atoms with E-state index in [1.54, 1.807) is 18.2 Å². The van der Waals surface area contributed by atoms with Crippen LogP contribution in [-0.2, 0) is 9.99 Å². The Morgan fingerprint density at radius 3 is 2.82 bits per heavy atom. The average molecular weight is 172 g/mol. The SMILES string of the molecule is NS(=O)(O)=Cc1ccccn1. The third-order valence-electron chi connectivity index (χ3n) is 0.977. The highest BCUT2D eigenvalue weighted by Crippen LogP contribution is 1.88. The minimum atomic E-state index is -3.31. The molecule has 0 saturated heterocycles. The van der Waals surface area contributed by atoms with Gasteiger partial charge in [-0.15, -0.1) is 0 Å². The molecule has 0 bridgehead atoms. The summed E-state index contributed by atoms with van der Waals surface area (Å²) in [6.07, 6.45) is 1.52. The summed E-state index contributed by atoms with van der Waals surface area (Å²) in [5, 5.41) is 5.88. The summed E-state index contributed by atoms with van der Waals surface area (Å²) in [5.74, 6) is 0. The smallest absolute Gasteiger partial charge is 0.144 e. The summed E-state index contributed by atoms with van der Waals surface area (Å²) in [7, 11) is -3.31. The molecule has 0 amide bonds. The van der Waals surface area contributed by atoms with Crippen LogP contribution >= 0.6 is 0 Å². The van der Waals surface area contributed by atoms with Crippen molar-refractivity contribution in [3.63, 3.8) is 0 Å². The Morgan fingerprint density at radius 2 is 2.36 bits per heavy atom. The summed E-state index contributed by atoms with van der Waals surface area (Å²) in [6.45, 7) is 0. The lowest BCUT2D eigenvalue weighted by Crippen LogP contribution is -2.14. The van der Waals surface area contributed by atoms with Gasteiger partial charge in [-0.1, -0.05) is 6.07 Å². The quantitative estimate of drug-likeness (QED) is 0.579. The zero-order chi connectivity index (χ0) is 8.32. The monoisotopic (exact) mass is 172 g/mol. The molecule has 0 saturated carbocycles. The fourth-order valence-corrected chi connectivity index (χ4v) is 1.10. The Bertz CT molecular complexity index is 333. The van der Waals surface area contributed by atoms with Crippen LogP contribution in [-0.4, -0.2) is 19.1 Å². The molecular formula is C6H8N2O2S. The highest BCUT2D eigenvalue weighted by atomic mass is 32.2. The van der Waals surface area contributed by atoms with Gasteiger partial charge in [-0.2, -0.15) is 0 Å². The van der Waals surface area contributed by atoms with Crippen molar-refractivity contribution in [2.75, 3.05) is 0 Å². The van der Waals surface area contributed by atoms with E-state index in [1.807, 2.05) is 0 Å². The number of hydrogen-bond acceptors (Lipinski definition) is 2. The Morgan fingerprint density at radius 1 is 1.64 bits per heavy atom. The Balaban J connectivity index is 3.08. The van der Waals surface area contributed by atoms with Crippen LogP contribution in [0.15, 0.2) is 24.4 Å². The summed E-state index contributed by atoms with van der Waals surface area (Å²) < 4.78 is 19.3. The van der Waals surface area contributed by atoms with Gasteiger partial charge in [-0.25, -0.2) is 9.35 Å². The molecule has 1 aromatic heterocycles. The fourth-order valence-electron chi connectivity index (χ4n) is 0.619. The van der Waals surface area contributed by atoms with Crippen molar-refractivity contribution in [3.05, 3.63) is 30.1 Å². The standard InChI is InChI=1S/C6H8N2O2S/c7-11(9,10)5-6-3-1-2-4-8-6/h1-5H,(H3,7,9,10). The minimum Gasteiger partial charge on any atom is -0.302 e. The molecule has 0 aliphatic heterocycles. The van der Waals surface area contributed by atoms with Crippen LogP contribution in [0.4, 0.5) is 0 Å². The van der Waals surface area contributed by atoms with Crippen LogP contribution in [0.5, 0.6) is 0 Å². The summed E-state index contributed by atoms with van der Waals surface area (Å²) in [4.78, 5) is 3.79. The van der Waals surface area contributed by atoms with Gasteiger partial charge in [0.25, 0.3) is 0 Å². The maximum atomic E-state index is 10.6. The molecule has 0 aromatic carbocycles. The topological polar surface area (TPSA) is 76.2 Å². The molecule has 1 heterocycles. The predicted octanol–water partition coefficient (Wildman–Crippen LogP) is -0.137. The second-order valence-electron chi connectivity index (χ2n) is 1.99. The number of pyridine rings is 1. The van der Waals surface area contributed by atoms with Crippen molar-refractivity contribution in [2.24, 2.45) is 5.14 Å². The van der Waals surface area contributed by atoms with Crippen molar-refractivity contribution in [2.45, 2.75) is 0 Å². The lowest BCUT2D eigenvalue weighted by Gasteiger charge is -1.92. The van der Waals surface area contributed by atoms with E-state index in [9.17, 15) is 4.21 Å². The van der Waals surface area contributed by atoms with Gasteiger partial charge in [0.05, 0.1) is 11.1 Å². The molecule has 5 heteroatoms. The average Bonchev–Trinajstić information content (AvgIpc) is 1.85. The maximum absolute atomic E-state index is 10.6. The summed E-state index contributed by atoms with van der Waals surface area (Å²) in [6, 6.07) is 5.03. The maximum Gasteiger partial charge on any atom is 0.144 e. The van der Waals surface area contributed by atoms with Crippen LogP contribution in [0.25, 0.3) is 0 Å². The van der Waals surface area contributed by atoms with E-state index in [-0.39, 0.29) is 0 Å². The fraction of sp³-hybridized carbons (Fsp3) is 0. The van der Waals surface area contributed by atoms with E-state index >= 15 is 0 Å². The highest BCUT2D eigenvalue weighted by Gasteiger charge is 1.92. The van der Waals surface area contributed by atoms with Gasteiger partial charge in [-0.3, -0.25) is 4.98 Å². The first-order chi connectivity index (χ1) is 5.08. The lowest BCUT2D eigenvalue weighted by atomic mass is 10.4. The Labute approximate surface area is 65.0 Å². The first kappa shape index (κ1) is 8.19. The van der Waals surface area contributed by atoms with Crippen LogP contribution in [0.3, 0.4) is 0 Å². The molecule has 0 aliphatic carbocycles. The van der Waals surface area contributed by atoms with E-state index < -0.39 is 9.99 Å². The van der Waals surface area contributed by atoms with Gasteiger partial charge in [0.2, 0.25) is 0 Å². The van der Waals surface area contributed by atoms with E-state index in [0.717, 1.165) is 5.37 Å². The number of aromatic nitrogens is 1. The molecule has 1 unspecified atom stereocenters. The summed E-state index contributed by atoms with van der Waals surface area (Å²) in [5.41, 5.74) is 0.405. The third kappa shape index (κ3) is 3.13. The number of rotatable bonds is 1. The number of nitrogens with two attached hydrogens (primary N) is 1. The van der Waals surface area contributed by atoms with E-state index in [1.165, 1.54) is 6.20 Å². The van der Waals surface area contributed by atoms with Crippen LogP contribution in [0, 0.1) is 0 Å². The van der Waals surface area contributed by atoms with Crippen LogP contribution < -0.4 is 5.14 Å². The van der Waals surface area contributed by atoms with Gasteiger partial charge < -0.3 is 4.55 Å². The molecule has 0 aliphatic rings. The largest absolute Gasteiger partial charge is 0.302 e. The molecule has 0 fully saturated rings. The van der Waals surface area contributed by atoms with E-state index in [2.05, 4.69) is 4.98 Å². The summed E-state index contributed by atoms with van der Waals surface area (Å²) >= 11 is 0. The first-order valence-electron chi connectivity index (χ1n) is 2.88. The molecule has 1 rings (SSSR count). The zero-order valence-corrected chi connectivity index (χ0v) is 6.49. The van der Waals surface area contributed by atoms with Crippen molar-refractivity contribution in [1.29, 1.82) is 0 Å². The van der Waals surface area contributed by atoms with Gasteiger partial charge in [0, 0.05) is 6.20 Å². The second-order valence-corrected chi connectivity index (χ2v) is 3.45.